The molecule has 0 aliphatic carbocycles. The molecule has 0 aromatic rings. The second kappa shape index (κ2) is 5.91. The van der Waals surface area contributed by atoms with Crippen molar-refractivity contribution >= 4 is 19.7 Å². The normalized spacial score (nSPS) is 15.3. The van der Waals surface area contributed by atoms with Gasteiger partial charge in [0.15, 0.2) is 6.10 Å². The molecular weight excluding hydrogens is 257 g/mol. The maximum atomic E-state index is 11.9. The second-order valence-electron chi connectivity index (χ2n) is 3.00. The molecule has 0 saturated heterocycles. The summed E-state index contributed by atoms with van der Waals surface area (Å²) in [6.07, 6.45) is -5.79. The molecule has 8 heteroatoms. The molecule has 0 fully saturated rings. The summed E-state index contributed by atoms with van der Waals surface area (Å²) in [4.78, 5) is 0. The van der Waals surface area contributed by atoms with Gasteiger partial charge in [-0.3, -0.25) is 0 Å². The van der Waals surface area contributed by atoms with Gasteiger partial charge in [-0.15, -0.1) is 0 Å². The van der Waals surface area contributed by atoms with E-state index in [1.807, 2.05) is 0 Å². The quantitative estimate of drug-likeness (QED) is 0.548. The number of unbranched alkanes of at least 4 members (excludes halogenated alkanes) is 1. The van der Waals surface area contributed by atoms with Gasteiger partial charge in [0.2, 0.25) is 9.05 Å². The van der Waals surface area contributed by atoms with Crippen LogP contribution in [0, 0.1) is 0 Å². The van der Waals surface area contributed by atoms with Gasteiger partial charge in [-0.25, -0.2) is 8.42 Å². The third kappa shape index (κ3) is 8.95. The average Bonchev–Trinajstić information content (AvgIpc) is 1.99. The van der Waals surface area contributed by atoms with Crippen molar-refractivity contribution in [1.82, 2.24) is 0 Å². The molecule has 1 atom stereocenters. The fraction of sp³-hybridized carbons (Fsp3) is 1.00. The van der Waals surface area contributed by atoms with Gasteiger partial charge in [0.1, 0.15) is 0 Å². The predicted octanol–water partition coefficient (Wildman–Crippen LogP) is 2.30. The number of ether oxygens (including phenoxy) is 1. The molecule has 0 amide bonds. The third-order valence-electron chi connectivity index (χ3n) is 1.61. The van der Waals surface area contributed by atoms with E-state index in [1.54, 1.807) is 0 Å². The molecule has 0 rings (SSSR count). The molecule has 92 valence electrons. The first-order chi connectivity index (χ1) is 6.63. The molecular formula is C7H12ClF3O3S. The van der Waals surface area contributed by atoms with Gasteiger partial charge in [-0.1, -0.05) is 0 Å². The van der Waals surface area contributed by atoms with E-state index >= 15 is 0 Å². The van der Waals surface area contributed by atoms with Crippen LogP contribution in [0.1, 0.15) is 19.8 Å². The highest BCUT2D eigenvalue weighted by atomic mass is 35.7. The Morgan fingerprint density at radius 3 is 2.27 bits per heavy atom. The van der Waals surface area contributed by atoms with Crippen LogP contribution in [0.15, 0.2) is 0 Å². The summed E-state index contributed by atoms with van der Waals surface area (Å²) in [5.74, 6) is -0.252. The van der Waals surface area contributed by atoms with Gasteiger partial charge in [0, 0.05) is 17.3 Å². The first kappa shape index (κ1) is 15.0. The number of hydrogen-bond acceptors (Lipinski definition) is 3. The zero-order chi connectivity index (χ0) is 12.1. The zero-order valence-corrected chi connectivity index (χ0v) is 9.62. The lowest BCUT2D eigenvalue weighted by Crippen LogP contribution is -2.28. The van der Waals surface area contributed by atoms with Gasteiger partial charge in [-0.05, 0) is 19.8 Å². The van der Waals surface area contributed by atoms with Gasteiger partial charge in [-0.2, -0.15) is 13.2 Å². The van der Waals surface area contributed by atoms with E-state index in [0.29, 0.717) is 0 Å². The minimum absolute atomic E-state index is 0.132. The molecule has 0 radical (unpaired) electrons. The van der Waals surface area contributed by atoms with Crippen LogP contribution in [-0.4, -0.2) is 33.1 Å². The van der Waals surface area contributed by atoms with Gasteiger partial charge in [0.25, 0.3) is 0 Å². The summed E-state index contributed by atoms with van der Waals surface area (Å²) in [5.41, 5.74) is 0. The molecule has 0 aliphatic rings. The average molecular weight is 269 g/mol. The smallest absolute Gasteiger partial charge is 0.369 e. The molecule has 0 spiro atoms. The first-order valence-corrected chi connectivity index (χ1v) is 6.71. The summed E-state index contributed by atoms with van der Waals surface area (Å²) in [5, 5.41) is 0. The molecule has 0 aromatic carbocycles. The molecule has 0 aromatic heterocycles. The highest BCUT2D eigenvalue weighted by molar-refractivity contribution is 8.13. The van der Waals surface area contributed by atoms with Crippen LogP contribution in [0.2, 0.25) is 0 Å². The Kier molecular flexibility index (Phi) is 5.90. The van der Waals surface area contributed by atoms with E-state index in [-0.39, 0.29) is 25.2 Å². The minimum Gasteiger partial charge on any atom is -0.369 e. The predicted molar refractivity (Wildman–Crippen MR) is 50.3 cm³/mol. The van der Waals surface area contributed by atoms with Gasteiger partial charge < -0.3 is 4.74 Å². The number of rotatable bonds is 6. The minimum atomic E-state index is -4.38. The Morgan fingerprint density at radius 2 is 1.87 bits per heavy atom. The van der Waals surface area contributed by atoms with Crippen molar-refractivity contribution in [2.24, 2.45) is 0 Å². The Bertz CT molecular complexity index is 276. The fourth-order valence-corrected chi connectivity index (χ4v) is 1.61. The summed E-state index contributed by atoms with van der Waals surface area (Å²) >= 11 is 0. The van der Waals surface area contributed by atoms with Crippen LogP contribution in [0.5, 0.6) is 0 Å². The highest BCUT2D eigenvalue weighted by Gasteiger charge is 2.36. The van der Waals surface area contributed by atoms with Gasteiger partial charge in [0.05, 0.1) is 5.75 Å². The molecule has 0 aliphatic heterocycles. The maximum Gasteiger partial charge on any atom is 0.414 e. The summed E-state index contributed by atoms with van der Waals surface area (Å²) in [7, 11) is 1.34. The van der Waals surface area contributed by atoms with Crippen molar-refractivity contribution in [3.63, 3.8) is 0 Å². The Labute approximate surface area is 91.0 Å². The fourth-order valence-electron chi connectivity index (χ4n) is 0.731. The third-order valence-corrected chi connectivity index (χ3v) is 2.85. The van der Waals surface area contributed by atoms with Crippen molar-refractivity contribution in [3.8, 4) is 0 Å². The van der Waals surface area contributed by atoms with E-state index in [4.69, 9.17) is 10.7 Å². The maximum absolute atomic E-state index is 11.9. The lowest BCUT2D eigenvalue weighted by Gasteiger charge is -2.15. The van der Waals surface area contributed by atoms with Crippen LogP contribution in [0.4, 0.5) is 13.2 Å². The van der Waals surface area contributed by atoms with Crippen LogP contribution >= 0.6 is 10.7 Å². The van der Waals surface area contributed by atoms with E-state index in [2.05, 4.69) is 4.74 Å². The Balaban J connectivity index is 3.56. The summed E-state index contributed by atoms with van der Waals surface area (Å²) in [6.45, 7) is 0.769. The molecule has 0 saturated carbocycles. The lowest BCUT2D eigenvalue weighted by atomic mass is 10.3. The SMILES string of the molecule is CC(OCCCCS(=O)(=O)Cl)C(F)(F)F. The summed E-state index contributed by atoms with van der Waals surface area (Å²) in [6, 6.07) is 0. The topological polar surface area (TPSA) is 43.4 Å². The molecule has 0 bridgehead atoms. The lowest BCUT2D eigenvalue weighted by molar-refractivity contribution is -0.214. The van der Waals surface area contributed by atoms with Gasteiger partial charge >= 0.3 is 6.18 Å². The zero-order valence-electron chi connectivity index (χ0n) is 8.05. The first-order valence-electron chi connectivity index (χ1n) is 4.23. The highest BCUT2D eigenvalue weighted by Crippen LogP contribution is 2.22. The number of halogens is 4. The standard InChI is InChI=1S/C7H12ClF3O3S/c1-6(7(9,10)11)14-4-2-3-5-15(8,12)13/h6H,2-5H2,1H3. The van der Waals surface area contributed by atoms with Crippen molar-refractivity contribution < 1.29 is 26.3 Å². The van der Waals surface area contributed by atoms with Crippen LogP contribution in [-0.2, 0) is 13.8 Å². The Hall–Kier alpha value is -0.0100. The largest absolute Gasteiger partial charge is 0.414 e. The van der Waals surface area contributed by atoms with Crippen molar-refractivity contribution in [2.75, 3.05) is 12.4 Å². The van der Waals surface area contributed by atoms with E-state index in [0.717, 1.165) is 6.92 Å². The van der Waals surface area contributed by atoms with Crippen LogP contribution in [0.25, 0.3) is 0 Å². The second-order valence-corrected chi connectivity index (χ2v) is 5.90. The monoisotopic (exact) mass is 268 g/mol. The van der Waals surface area contributed by atoms with E-state index in [9.17, 15) is 21.6 Å². The van der Waals surface area contributed by atoms with Crippen LogP contribution < -0.4 is 0 Å². The van der Waals surface area contributed by atoms with Crippen molar-refractivity contribution in [2.45, 2.75) is 32.0 Å². The van der Waals surface area contributed by atoms with Crippen molar-refractivity contribution in [3.05, 3.63) is 0 Å². The van der Waals surface area contributed by atoms with Crippen molar-refractivity contribution in [1.29, 1.82) is 0 Å². The molecule has 3 nitrogen and oxygen atoms in total. The number of alkyl halides is 3. The number of hydrogen-bond donors (Lipinski definition) is 0. The Morgan fingerprint density at radius 1 is 1.33 bits per heavy atom. The van der Waals surface area contributed by atoms with E-state index in [1.165, 1.54) is 0 Å². The van der Waals surface area contributed by atoms with E-state index < -0.39 is 21.3 Å². The molecule has 1 unspecified atom stereocenters. The molecule has 0 heterocycles. The summed E-state index contributed by atoms with van der Waals surface area (Å²) < 4.78 is 61.0. The van der Waals surface area contributed by atoms with Crippen LogP contribution in [0.3, 0.4) is 0 Å². The molecule has 15 heavy (non-hydrogen) atoms. The molecule has 0 N–H and O–H groups in total.